The van der Waals surface area contributed by atoms with Crippen molar-refractivity contribution in [2.75, 3.05) is 26.1 Å². The summed E-state index contributed by atoms with van der Waals surface area (Å²) in [4.78, 5) is 36.8. The Kier molecular flexibility index (Phi) is 8.80. The quantitative estimate of drug-likeness (QED) is 0.482. The number of nitrogens with one attached hydrogen (secondary N) is 2. The van der Waals surface area contributed by atoms with Crippen LogP contribution in [0.1, 0.15) is 17.3 Å². The molecule has 0 aliphatic rings. The van der Waals surface area contributed by atoms with Gasteiger partial charge < -0.3 is 30.0 Å². The van der Waals surface area contributed by atoms with E-state index in [1.807, 2.05) is 0 Å². The summed E-state index contributed by atoms with van der Waals surface area (Å²) in [5.74, 6) is -2.76. The Morgan fingerprint density at radius 3 is 2.28 bits per heavy atom. The Bertz CT molecular complexity index is 978. The first kappa shape index (κ1) is 24.9. The first-order chi connectivity index (χ1) is 15.1. The number of carbonyl (C=O) groups is 3. The van der Waals surface area contributed by atoms with Crippen molar-refractivity contribution in [1.82, 2.24) is 5.32 Å². The van der Waals surface area contributed by atoms with Crippen LogP contribution in [0.2, 0.25) is 5.02 Å². The van der Waals surface area contributed by atoms with Gasteiger partial charge in [0.1, 0.15) is 17.3 Å². The predicted molar refractivity (Wildman–Crippen MR) is 113 cm³/mol. The molecule has 0 saturated heterocycles. The largest absolute Gasteiger partial charge is 0.497 e. The molecule has 172 valence electrons. The lowest BCUT2D eigenvalue weighted by Gasteiger charge is -2.20. The maximum absolute atomic E-state index is 13.9. The Morgan fingerprint density at radius 2 is 1.72 bits per heavy atom. The van der Waals surface area contributed by atoms with Gasteiger partial charge >= 0.3 is 5.97 Å². The van der Waals surface area contributed by atoms with Gasteiger partial charge in [-0.15, -0.1) is 0 Å². The standard InChI is InChI=1S/C21H22ClFN2O7/c1-11(26)19(25-20(28)16-6-12(22)4-5-17(16)23)21(29)32-10-18(27)24-13-7-14(30-2)9-15(8-13)31-3/h4-9,11,19,26H,10H2,1-3H3,(H,24,27)(H,25,28). The van der Waals surface area contributed by atoms with Gasteiger partial charge in [0.05, 0.1) is 25.9 Å². The van der Waals surface area contributed by atoms with Crippen LogP contribution in [0.15, 0.2) is 36.4 Å². The zero-order valence-corrected chi connectivity index (χ0v) is 18.2. The Morgan fingerprint density at radius 1 is 1.09 bits per heavy atom. The Hall–Kier alpha value is -3.37. The van der Waals surface area contributed by atoms with E-state index in [4.69, 9.17) is 25.8 Å². The van der Waals surface area contributed by atoms with E-state index in [1.165, 1.54) is 39.3 Å². The number of carbonyl (C=O) groups excluding carboxylic acids is 3. The normalized spacial score (nSPS) is 12.3. The molecule has 2 rings (SSSR count). The summed E-state index contributed by atoms with van der Waals surface area (Å²) in [6.45, 7) is 0.520. The van der Waals surface area contributed by atoms with Crippen LogP contribution >= 0.6 is 11.6 Å². The highest BCUT2D eigenvalue weighted by atomic mass is 35.5. The lowest BCUT2D eigenvalue weighted by molar-refractivity contribution is -0.151. The summed E-state index contributed by atoms with van der Waals surface area (Å²) in [7, 11) is 2.89. The van der Waals surface area contributed by atoms with Crippen molar-refractivity contribution in [3.8, 4) is 11.5 Å². The van der Waals surface area contributed by atoms with Gasteiger partial charge in [0.2, 0.25) is 0 Å². The average molecular weight is 469 g/mol. The van der Waals surface area contributed by atoms with Gasteiger partial charge in [0, 0.05) is 28.9 Å². The summed E-state index contributed by atoms with van der Waals surface area (Å²) in [6.07, 6.45) is -1.39. The van der Waals surface area contributed by atoms with E-state index < -0.39 is 47.9 Å². The van der Waals surface area contributed by atoms with Crippen molar-refractivity contribution in [3.05, 3.63) is 52.8 Å². The molecule has 0 spiro atoms. The van der Waals surface area contributed by atoms with Crippen molar-refractivity contribution >= 4 is 35.1 Å². The molecule has 3 N–H and O–H groups in total. The molecule has 2 aromatic carbocycles. The fraction of sp³-hybridized carbons (Fsp3) is 0.286. The molecular formula is C21H22ClFN2O7. The van der Waals surface area contributed by atoms with E-state index >= 15 is 0 Å². The number of aliphatic hydroxyl groups excluding tert-OH is 1. The monoisotopic (exact) mass is 468 g/mol. The molecule has 0 fully saturated rings. The van der Waals surface area contributed by atoms with Crippen LogP contribution in [0, 0.1) is 5.82 Å². The van der Waals surface area contributed by atoms with E-state index in [-0.39, 0.29) is 5.02 Å². The molecule has 0 aromatic heterocycles. The molecule has 9 nitrogen and oxygen atoms in total. The molecule has 2 unspecified atom stereocenters. The fourth-order valence-electron chi connectivity index (χ4n) is 2.57. The number of halogens is 2. The molecule has 2 amide bonds. The van der Waals surface area contributed by atoms with E-state index in [9.17, 15) is 23.9 Å². The number of rotatable bonds is 9. The maximum atomic E-state index is 13.9. The lowest BCUT2D eigenvalue weighted by atomic mass is 10.1. The van der Waals surface area contributed by atoms with E-state index in [1.54, 1.807) is 6.07 Å². The van der Waals surface area contributed by atoms with Gasteiger partial charge in [-0.25, -0.2) is 9.18 Å². The van der Waals surface area contributed by atoms with Crippen molar-refractivity contribution in [1.29, 1.82) is 0 Å². The van der Waals surface area contributed by atoms with Gasteiger partial charge in [-0.1, -0.05) is 11.6 Å². The number of esters is 1. The molecule has 0 aliphatic carbocycles. The number of methoxy groups -OCH3 is 2. The third-order valence-electron chi connectivity index (χ3n) is 4.18. The number of benzene rings is 2. The summed E-state index contributed by atoms with van der Waals surface area (Å²) in [6, 6.07) is 6.43. The molecule has 0 bridgehead atoms. The third kappa shape index (κ3) is 6.82. The third-order valence-corrected chi connectivity index (χ3v) is 4.41. The fourth-order valence-corrected chi connectivity index (χ4v) is 2.74. The van der Waals surface area contributed by atoms with Crippen molar-refractivity contribution in [3.63, 3.8) is 0 Å². The molecular weight excluding hydrogens is 447 g/mol. The first-order valence-electron chi connectivity index (χ1n) is 9.28. The van der Waals surface area contributed by atoms with Gasteiger partial charge in [-0.2, -0.15) is 0 Å². The highest BCUT2D eigenvalue weighted by molar-refractivity contribution is 6.31. The Labute approximate surface area is 188 Å². The maximum Gasteiger partial charge on any atom is 0.331 e. The summed E-state index contributed by atoms with van der Waals surface area (Å²) in [5.41, 5.74) is -0.0836. The summed E-state index contributed by atoms with van der Waals surface area (Å²) >= 11 is 5.76. The molecule has 0 saturated carbocycles. The molecule has 0 aliphatic heterocycles. The van der Waals surface area contributed by atoms with Crippen molar-refractivity contribution in [2.24, 2.45) is 0 Å². The highest BCUT2D eigenvalue weighted by Crippen LogP contribution is 2.25. The SMILES string of the molecule is COc1cc(NC(=O)COC(=O)C(NC(=O)c2cc(Cl)ccc2F)C(C)O)cc(OC)c1. The smallest absolute Gasteiger partial charge is 0.331 e. The predicted octanol–water partition coefficient (Wildman–Crippen LogP) is 2.16. The zero-order chi connectivity index (χ0) is 23.8. The number of hydrogen-bond acceptors (Lipinski definition) is 7. The van der Waals surface area contributed by atoms with Crippen LogP contribution in [-0.2, 0) is 14.3 Å². The van der Waals surface area contributed by atoms with E-state index in [2.05, 4.69) is 10.6 Å². The second-order valence-electron chi connectivity index (χ2n) is 6.57. The molecule has 2 atom stereocenters. The molecule has 32 heavy (non-hydrogen) atoms. The topological polar surface area (TPSA) is 123 Å². The number of hydrogen-bond donors (Lipinski definition) is 3. The molecule has 11 heteroatoms. The molecule has 0 heterocycles. The second-order valence-corrected chi connectivity index (χ2v) is 7.01. The zero-order valence-electron chi connectivity index (χ0n) is 17.5. The van der Waals surface area contributed by atoms with Crippen LogP contribution in [-0.4, -0.2) is 55.9 Å². The minimum Gasteiger partial charge on any atom is -0.497 e. The summed E-state index contributed by atoms with van der Waals surface area (Å²) < 4.78 is 29.0. The van der Waals surface area contributed by atoms with Gasteiger partial charge in [0.15, 0.2) is 12.6 Å². The number of anilines is 1. The second kappa shape index (κ2) is 11.3. The minimum atomic E-state index is -1.55. The number of amides is 2. The van der Waals surface area contributed by atoms with Crippen molar-refractivity contribution in [2.45, 2.75) is 19.1 Å². The van der Waals surface area contributed by atoms with Crippen LogP contribution < -0.4 is 20.1 Å². The average Bonchev–Trinajstić information content (AvgIpc) is 2.76. The lowest BCUT2D eigenvalue weighted by Crippen LogP contribution is -2.49. The molecule has 0 radical (unpaired) electrons. The van der Waals surface area contributed by atoms with Crippen LogP contribution in [0.4, 0.5) is 10.1 Å². The van der Waals surface area contributed by atoms with Gasteiger partial charge in [-0.05, 0) is 25.1 Å². The van der Waals surface area contributed by atoms with Crippen molar-refractivity contribution < 1.29 is 38.1 Å². The van der Waals surface area contributed by atoms with Crippen LogP contribution in [0.3, 0.4) is 0 Å². The summed E-state index contributed by atoms with van der Waals surface area (Å²) in [5, 5.41) is 14.6. The number of aliphatic hydroxyl groups is 1. The van der Waals surface area contributed by atoms with E-state index in [0.717, 1.165) is 12.1 Å². The van der Waals surface area contributed by atoms with Crippen LogP contribution in [0.5, 0.6) is 11.5 Å². The van der Waals surface area contributed by atoms with Gasteiger partial charge in [0.25, 0.3) is 11.8 Å². The highest BCUT2D eigenvalue weighted by Gasteiger charge is 2.29. The van der Waals surface area contributed by atoms with E-state index in [0.29, 0.717) is 17.2 Å². The first-order valence-corrected chi connectivity index (χ1v) is 9.66. The minimum absolute atomic E-state index is 0.110. The number of ether oxygens (including phenoxy) is 3. The van der Waals surface area contributed by atoms with Crippen LogP contribution in [0.25, 0.3) is 0 Å². The Balaban J connectivity index is 2.00. The van der Waals surface area contributed by atoms with Gasteiger partial charge in [-0.3, -0.25) is 9.59 Å². The molecule has 2 aromatic rings.